The van der Waals surface area contributed by atoms with Gasteiger partial charge in [-0.2, -0.15) is 0 Å². The van der Waals surface area contributed by atoms with E-state index in [1.165, 1.54) is 23.9 Å². The minimum atomic E-state index is -0.655. The molecule has 1 aromatic carbocycles. The van der Waals surface area contributed by atoms with Crippen LogP contribution >= 0.6 is 11.8 Å². The van der Waals surface area contributed by atoms with E-state index in [0.29, 0.717) is 5.75 Å². The molecule has 2 rings (SSSR count). The fourth-order valence-corrected chi connectivity index (χ4v) is 2.32. The van der Waals surface area contributed by atoms with Gasteiger partial charge in [0.2, 0.25) is 5.91 Å². The highest BCUT2D eigenvalue weighted by Gasteiger charge is 2.07. The van der Waals surface area contributed by atoms with Crippen LogP contribution in [-0.2, 0) is 10.5 Å². The highest BCUT2D eigenvalue weighted by Crippen LogP contribution is 2.20. The number of pyridine rings is 1. The van der Waals surface area contributed by atoms with E-state index in [-0.39, 0.29) is 23.1 Å². The van der Waals surface area contributed by atoms with Gasteiger partial charge in [0.25, 0.3) is 0 Å². The molecular formula is C14H13FN2O2S. The van der Waals surface area contributed by atoms with Crippen LogP contribution in [0, 0.1) is 5.82 Å². The third kappa shape index (κ3) is 4.24. The maximum Gasteiger partial charge on any atom is 0.234 e. The minimum absolute atomic E-state index is 0.0670. The van der Waals surface area contributed by atoms with Crippen molar-refractivity contribution >= 4 is 23.4 Å². The number of carbonyl (C=O) groups is 1. The molecule has 0 aliphatic heterocycles. The molecular weight excluding hydrogens is 279 g/mol. The molecule has 0 fully saturated rings. The molecule has 0 spiro atoms. The summed E-state index contributed by atoms with van der Waals surface area (Å²) in [4.78, 5) is 15.6. The molecule has 0 saturated heterocycles. The summed E-state index contributed by atoms with van der Waals surface area (Å²) in [7, 11) is 0. The van der Waals surface area contributed by atoms with Gasteiger partial charge in [-0.05, 0) is 29.8 Å². The highest BCUT2D eigenvalue weighted by atomic mass is 32.2. The number of hydrogen-bond donors (Lipinski definition) is 2. The zero-order chi connectivity index (χ0) is 14.4. The van der Waals surface area contributed by atoms with Crippen LogP contribution in [0.5, 0.6) is 5.75 Å². The fraction of sp³-hybridized carbons (Fsp3) is 0.143. The second-order valence-electron chi connectivity index (χ2n) is 4.06. The third-order valence-electron chi connectivity index (χ3n) is 2.48. The van der Waals surface area contributed by atoms with Crippen LogP contribution in [0.2, 0.25) is 0 Å². The predicted molar refractivity (Wildman–Crippen MR) is 77.1 cm³/mol. The lowest BCUT2D eigenvalue weighted by Crippen LogP contribution is -2.15. The number of halogens is 1. The average molecular weight is 292 g/mol. The van der Waals surface area contributed by atoms with Gasteiger partial charge in [0.05, 0.1) is 11.4 Å². The molecule has 1 amide bonds. The van der Waals surface area contributed by atoms with Crippen molar-refractivity contribution < 1.29 is 14.3 Å². The number of thioether (sulfide) groups is 1. The Morgan fingerprint density at radius 3 is 2.75 bits per heavy atom. The standard InChI is InChI=1S/C14H13FN2O2S/c15-12-7-11(18)1-2-13(12)17-14(19)9-20-8-10-3-5-16-6-4-10/h1-7,18H,8-9H2,(H,17,19). The number of anilines is 1. The fourth-order valence-electron chi connectivity index (χ4n) is 1.53. The largest absolute Gasteiger partial charge is 0.508 e. The van der Waals surface area contributed by atoms with Gasteiger partial charge >= 0.3 is 0 Å². The summed E-state index contributed by atoms with van der Waals surface area (Å²) in [5, 5.41) is 11.5. The Labute approximate surface area is 120 Å². The second kappa shape index (κ2) is 6.91. The first-order valence-corrected chi connectivity index (χ1v) is 7.05. The first-order valence-electron chi connectivity index (χ1n) is 5.90. The molecule has 4 nitrogen and oxygen atoms in total. The Morgan fingerprint density at radius 1 is 1.30 bits per heavy atom. The van der Waals surface area contributed by atoms with Crippen LogP contribution in [0.25, 0.3) is 0 Å². The van der Waals surface area contributed by atoms with Crippen molar-refractivity contribution in [3.8, 4) is 5.75 Å². The number of nitrogens with one attached hydrogen (secondary N) is 1. The Kier molecular flexibility index (Phi) is 4.95. The van der Waals surface area contributed by atoms with Gasteiger partial charge in [-0.1, -0.05) is 0 Å². The van der Waals surface area contributed by atoms with Gasteiger partial charge in [-0.25, -0.2) is 4.39 Å². The smallest absolute Gasteiger partial charge is 0.234 e. The van der Waals surface area contributed by atoms with E-state index in [1.54, 1.807) is 12.4 Å². The normalized spacial score (nSPS) is 10.2. The molecule has 0 aliphatic carbocycles. The number of hydrogen-bond acceptors (Lipinski definition) is 4. The maximum absolute atomic E-state index is 13.4. The lowest BCUT2D eigenvalue weighted by molar-refractivity contribution is -0.113. The van der Waals surface area contributed by atoms with Gasteiger partial charge in [0, 0.05) is 24.2 Å². The summed E-state index contributed by atoms with van der Waals surface area (Å²) in [5.74, 6) is -0.199. The van der Waals surface area contributed by atoms with Crippen molar-refractivity contribution in [1.82, 2.24) is 4.98 Å². The zero-order valence-corrected chi connectivity index (χ0v) is 11.4. The number of amides is 1. The van der Waals surface area contributed by atoms with E-state index in [4.69, 9.17) is 5.11 Å². The number of rotatable bonds is 5. The third-order valence-corrected chi connectivity index (χ3v) is 3.48. The molecule has 1 heterocycles. The molecule has 6 heteroatoms. The summed E-state index contributed by atoms with van der Waals surface area (Å²) in [6.45, 7) is 0. The zero-order valence-electron chi connectivity index (χ0n) is 10.5. The van der Waals surface area contributed by atoms with E-state index in [1.807, 2.05) is 12.1 Å². The van der Waals surface area contributed by atoms with Gasteiger partial charge in [-0.3, -0.25) is 9.78 Å². The molecule has 20 heavy (non-hydrogen) atoms. The number of nitrogens with zero attached hydrogens (tertiary/aromatic N) is 1. The van der Waals surface area contributed by atoms with Crippen molar-refractivity contribution in [2.75, 3.05) is 11.1 Å². The average Bonchev–Trinajstić information content (AvgIpc) is 2.43. The Balaban J connectivity index is 1.81. The molecule has 0 radical (unpaired) electrons. The minimum Gasteiger partial charge on any atom is -0.508 e. The highest BCUT2D eigenvalue weighted by molar-refractivity contribution is 7.99. The van der Waals surface area contributed by atoms with Crippen LogP contribution < -0.4 is 5.32 Å². The molecule has 2 N–H and O–H groups in total. The number of phenolic OH excluding ortho intramolecular Hbond substituents is 1. The van der Waals surface area contributed by atoms with Crippen LogP contribution in [0.3, 0.4) is 0 Å². The maximum atomic E-state index is 13.4. The number of carbonyl (C=O) groups excluding carboxylic acids is 1. The van der Waals surface area contributed by atoms with E-state index in [0.717, 1.165) is 11.6 Å². The van der Waals surface area contributed by atoms with Crippen LogP contribution in [0.15, 0.2) is 42.7 Å². The summed E-state index contributed by atoms with van der Waals surface area (Å²) in [6.07, 6.45) is 3.39. The predicted octanol–water partition coefficient (Wildman–Crippen LogP) is 2.80. The number of benzene rings is 1. The van der Waals surface area contributed by atoms with E-state index in [9.17, 15) is 9.18 Å². The van der Waals surface area contributed by atoms with Gasteiger partial charge in [-0.15, -0.1) is 11.8 Å². The van der Waals surface area contributed by atoms with Crippen LogP contribution in [-0.4, -0.2) is 21.8 Å². The number of phenols is 1. The lowest BCUT2D eigenvalue weighted by atomic mass is 10.3. The first kappa shape index (κ1) is 14.3. The molecule has 2 aromatic rings. The van der Waals surface area contributed by atoms with Crippen LogP contribution in [0.4, 0.5) is 10.1 Å². The molecule has 0 bridgehead atoms. The van der Waals surface area contributed by atoms with Crippen molar-refractivity contribution in [3.63, 3.8) is 0 Å². The molecule has 0 atom stereocenters. The summed E-state index contributed by atoms with van der Waals surface area (Å²) in [6, 6.07) is 7.37. The van der Waals surface area contributed by atoms with E-state index >= 15 is 0 Å². The van der Waals surface area contributed by atoms with Gasteiger partial charge in [0.15, 0.2) is 0 Å². The number of aromatic hydroxyl groups is 1. The molecule has 0 saturated carbocycles. The van der Waals surface area contributed by atoms with Crippen molar-refractivity contribution in [1.29, 1.82) is 0 Å². The Hall–Kier alpha value is -2.08. The number of aromatic nitrogens is 1. The topological polar surface area (TPSA) is 62.2 Å². The Bertz CT molecular complexity index is 593. The Morgan fingerprint density at radius 2 is 2.05 bits per heavy atom. The van der Waals surface area contributed by atoms with Crippen molar-refractivity contribution in [2.45, 2.75) is 5.75 Å². The van der Waals surface area contributed by atoms with Gasteiger partial charge in [0.1, 0.15) is 11.6 Å². The van der Waals surface area contributed by atoms with Gasteiger partial charge < -0.3 is 10.4 Å². The van der Waals surface area contributed by atoms with E-state index in [2.05, 4.69) is 10.3 Å². The SMILES string of the molecule is O=C(CSCc1ccncc1)Nc1ccc(O)cc1F. The summed E-state index contributed by atoms with van der Waals surface area (Å²) in [5.41, 5.74) is 1.14. The molecule has 1 aromatic heterocycles. The molecule has 0 aliphatic rings. The second-order valence-corrected chi connectivity index (χ2v) is 5.05. The van der Waals surface area contributed by atoms with Crippen molar-refractivity contribution in [3.05, 3.63) is 54.1 Å². The molecule has 0 unspecified atom stereocenters. The summed E-state index contributed by atoms with van der Waals surface area (Å²) >= 11 is 1.43. The quantitative estimate of drug-likeness (QED) is 0.832. The van der Waals surface area contributed by atoms with Crippen molar-refractivity contribution in [2.24, 2.45) is 0 Å². The van der Waals surface area contributed by atoms with E-state index < -0.39 is 5.82 Å². The molecule has 104 valence electrons. The monoisotopic (exact) mass is 292 g/mol. The van der Waals surface area contributed by atoms with Crippen LogP contribution in [0.1, 0.15) is 5.56 Å². The first-order chi connectivity index (χ1) is 9.65. The summed E-state index contributed by atoms with van der Waals surface area (Å²) < 4.78 is 13.4. The lowest BCUT2D eigenvalue weighted by Gasteiger charge is -2.06.